The van der Waals surface area contributed by atoms with E-state index in [2.05, 4.69) is 5.32 Å². The third-order valence-corrected chi connectivity index (χ3v) is 8.66. The van der Waals surface area contributed by atoms with Gasteiger partial charge in [-0.1, -0.05) is 91.0 Å². The fourth-order valence-corrected chi connectivity index (χ4v) is 6.59. The number of hydrogen-bond donors (Lipinski definition) is 1. The Bertz CT molecular complexity index is 1530. The van der Waals surface area contributed by atoms with Crippen molar-refractivity contribution in [3.63, 3.8) is 0 Å². The Hall–Kier alpha value is -4.63. The van der Waals surface area contributed by atoms with Crippen molar-refractivity contribution in [2.45, 2.75) is 30.4 Å². The number of cyclic esters (lactones) is 1. The van der Waals surface area contributed by atoms with Crippen LogP contribution in [0.25, 0.3) is 0 Å². The molecule has 3 aromatic carbocycles. The lowest BCUT2D eigenvalue weighted by Gasteiger charge is -2.49. The highest BCUT2D eigenvalue weighted by Gasteiger charge is 2.54. The summed E-state index contributed by atoms with van der Waals surface area (Å²) in [6.07, 6.45) is 1.48. The fraction of sp³-hybridized carbons (Fsp3) is 0.212. The van der Waals surface area contributed by atoms with E-state index < -0.39 is 35.4 Å². The first-order valence-corrected chi connectivity index (χ1v) is 14.7. The van der Waals surface area contributed by atoms with Crippen molar-refractivity contribution < 1.29 is 28.7 Å². The van der Waals surface area contributed by atoms with Crippen LogP contribution < -0.4 is 5.32 Å². The predicted molar refractivity (Wildman–Crippen MR) is 157 cm³/mol. The molecule has 2 atom stereocenters. The van der Waals surface area contributed by atoms with Gasteiger partial charge >= 0.3 is 11.9 Å². The first-order chi connectivity index (χ1) is 20.5. The number of nitrogens with zero attached hydrogens (tertiary/aromatic N) is 1. The molecule has 42 heavy (non-hydrogen) atoms. The number of carbonyl (C=O) groups is 4. The minimum absolute atomic E-state index is 0.0846. The molecule has 0 aromatic heterocycles. The molecule has 2 fully saturated rings. The molecule has 212 valence electrons. The maximum Gasteiger partial charge on any atom is 0.356 e. The first kappa shape index (κ1) is 27.5. The Balaban J connectivity index is 1.30. The van der Waals surface area contributed by atoms with E-state index in [0.29, 0.717) is 23.3 Å². The average molecular weight is 581 g/mol. The van der Waals surface area contributed by atoms with Crippen LogP contribution in [0, 0.1) is 0 Å². The summed E-state index contributed by atoms with van der Waals surface area (Å²) in [6.45, 7) is 0.274. The molecule has 0 bridgehead atoms. The Morgan fingerprint density at radius 3 is 2.17 bits per heavy atom. The lowest BCUT2D eigenvalue weighted by atomic mass is 9.99. The number of allylic oxidation sites excluding steroid dienone is 1. The molecular weight excluding hydrogens is 552 g/mol. The van der Waals surface area contributed by atoms with Gasteiger partial charge in [0.25, 0.3) is 5.91 Å². The van der Waals surface area contributed by atoms with E-state index in [1.54, 1.807) is 6.08 Å². The Kier molecular flexibility index (Phi) is 7.92. The summed E-state index contributed by atoms with van der Waals surface area (Å²) in [5.74, 6) is -1.44. The molecular formula is C33H28N2O6S. The minimum atomic E-state index is -0.779. The van der Waals surface area contributed by atoms with E-state index in [1.165, 1.54) is 16.7 Å². The monoisotopic (exact) mass is 580 g/mol. The number of hydrogen-bond acceptors (Lipinski definition) is 7. The Morgan fingerprint density at radius 2 is 1.57 bits per heavy atom. The largest absolute Gasteiger partial charge is 0.462 e. The van der Waals surface area contributed by atoms with Gasteiger partial charge in [0.15, 0.2) is 6.10 Å². The molecule has 0 aliphatic carbocycles. The lowest BCUT2D eigenvalue weighted by Crippen LogP contribution is -2.70. The Morgan fingerprint density at radius 1 is 0.952 bits per heavy atom. The number of thioether (sulfide) groups is 1. The Labute approximate surface area is 247 Å². The van der Waals surface area contributed by atoms with E-state index >= 15 is 0 Å². The van der Waals surface area contributed by atoms with Crippen LogP contribution >= 0.6 is 11.8 Å². The van der Waals surface area contributed by atoms with Gasteiger partial charge in [-0.05, 0) is 28.3 Å². The lowest BCUT2D eigenvalue weighted by molar-refractivity contribution is -0.154. The van der Waals surface area contributed by atoms with Crippen molar-refractivity contribution in [2.24, 2.45) is 0 Å². The number of benzene rings is 3. The number of β-lactam (4-membered cyclic amide) rings is 1. The maximum absolute atomic E-state index is 14.0. The van der Waals surface area contributed by atoms with Gasteiger partial charge in [-0.15, -0.1) is 11.8 Å². The number of esters is 2. The molecule has 0 saturated carbocycles. The van der Waals surface area contributed by atoms with Gasteiger partial charge in [0.1, 0.15) is 17.1 Å². The number of nitrogens with one attached hydrogen (secondary N) is 1. The van der Waals surface area contributed by atoms with Gasteiger partial charge in [0, 0.05) is 17.7 Å². The van der Waals surface area contributed by atoms with Crippen LogP contribution in [0.1, 0.15) is 29.2 Å². The zero-order valence-corrected chi connectivity index (χ0v) is 23.4. The van der Waals surface area contributed by atoms with E-state index in [0.717, 1.165) is 16.7 Å². The second-order valence-corrected chi connectivity index (χ2v) is 11.3. The smallest absolute Gasteiger partial charge is 0.356 e. The molecule has 0 spiro atoms. The van der Waals surface area contributed by atoms with Gasteiger partial charge in [-0.3, -0.25) is 14.5 Å². The highest BCUT2D eigenvalue weighted by Crippen LogP contribution is 2.42. The molecule has 9 heteroatoms. The van der Waals surface area contributed by atoms with Gasteiger partial charge in [0.2, 0.25) is 5.91 Å². The van der Waals surface area contributed by atoms with Crippen LogP contribution in [0.15, 0.2) is 114 Å². The molecule has 2 saturated heterocycles. The van der Waals surface area contributed by atoms with Crippen LogP contribution in [0.3, 0.4) is 0 Å². The minimum Gasteiger partial charge on any atom is -0.462 e. The van der Waals surface area contributed by atoms with Crippen molar-refractivity contribution >= 4 is 35.5 Å². The highest BCUT2D eigenvalue weighted by atomic mass is 32.2. The van der Waals surface area contributed by atoms with E-state index in [1.807, 2.05) is 91.0 Å². The average Bonchev–Trinajstić information content (AvgIpc) is 3.43. The maximum atomic E-state index is 14.0. The molecule has 3 aliphatic heterocycles. The van der Waals surface area contributed by atoms with Gasteiger partial charge in [-0.2, -0.15) is 0 Å². The highest BCUT2D eigenvalue weighted by molar-refractivity contribution is 8.00. The van der Waals surface area contributed by atoms with E-state index in [4.69, 9.17) is 9.47 Å². The molecule has 3 heterocycles. The summed E-state index contributed by atoms with van der Waals surface area (Å²) in [5, 5.41) is 2.36. The molecule has 1 N–H and O–H groups in total. The van der Waals surface area contributed by atoms with Crippen LogP contribution in [-0.4, -0.2) is 52.4 Å². The summed E-state index contributed by atoms with van der Waals surface area (Å²) in [4.78, 5) is 54.0. The molecule has 0 unspecified atom stereocenters. The number of ether oxygens (including phenoxy) is 2. The topological polar surface area (TPSA) is 102 Å². The van der Waals surface area contributed by atoms with Crippen molar-refractivity contribution in [1.29, 1.82) is 0 Å². The standard InChI is InChI=1S/C33H28N2O6S/c36-26(18-21-10-4-1-5-11-21)34-27-30(37)35-28(25(20-42-31(27)35)19-24-16-17-40-32(24)38)33(39)41-29(22-12-6-2-7-13-22)23-14-8-3-9-15-23/h1-15,19,27,29,31H,16-18,20H2,(H,34,36)/t27-,31+/m1/s1. The van der Waals surface area contributed by atoms with Crippen molar-refractivity contribution in [3.05, 3.63) is 131 Å². The molecule has 8 nitrogen and oxygen atoms in total. The van der Waals surface area contributed by atoms with Gasteiger partial charge < -0.3 is 14.8 Å². The van der Waals surface area contributed by atoms with E-state index in [-0.39, 0.29) is 24.6 Å². The third-order valence-electron chi connectivity index (χ3n) is 7.36. The number of rotatable bonds is 8. The zero-order chi connectivity index (χ0) is 29.1. The fourth-order valence-electron chi connectivity index (χ4n) is 5.29. The van der Waals surface area contributed by atoms with Crippen LogP contribution in [0.5, 0.6) is 0 Å². The first-order valence-electron chi connectivity index (χ1n) is 13.7. The molecule has 6 rings (SSSR count). The molecule has 2 amide bonds. The van der Waals surface area contributed by atoms with Crippen molar-refractivity contribution in [2.75, 3.05) is 12.4 Å². The molecule has 3 aromatic rings. The predicted octanol–water partition coefficient (Wildman–Crippen LogP) is 4.09. The number of amides is 2. The summed E-state index contributed by atoms with van der Waals surface area (Å²) in [5.41, 5.74) is 3.43. The summed E-state index contributed by atoms with van der Waals surface area (Å²) in [6, 6.07) is 27.3. The van der Waals surface area contributed by atoms with Crippen LogP contribution in [-0.2, 0) is 35.1 Å². The van der Waals surface area contributed by atoms with E-state index in [9.17, 15) is 19.2 Å². The van der Waals surface area contributed by atoms with Crippen molar-refractivity contribution in [3.8, 4) is 0 Å². The number of carbonyl (C=O) groups excluding carboxylic acids is 4. The summed E-state index contributed by atoms with van der Waals surface area (Å²) in [7, 11) is 0. The van der Waals surface area contributed by atoms with Gasteiger partial charge in [-0.25, -0.2) is 9.59 Å². The quantitative estimate of drug-likeness (QED) is 0.243. The SMILES string of the molecule is O=C(Cc1ccccc1)N[C@@H]1C(=O)N2C(C(=O)OC(c3ccccc3)c3ccccc3)=C(C=C3CCOC3=O)CS[C@@H]12. The normalized spacial score (nSPS) is 20.7. The van der Waals surface area contributed by atoms with Crippen LogP contribution in [0.2, 0.25) is 0 Å². The summed E-state index contributed by atoms with van der Waals surface area (Å²) < 4.78 is 11.2. The van der Waals surface area contributed by atoms with Crippen LogP contribution in [0.4, 0.5) is 0 Å². The van der Waals surface area contributed by atoms with Crippen molar-refractivity contribution in [1.82, 2.24) is 10.2 Å². The second kappa shape index (κ2) is 12.1. The zero-order valence-electron chi connectivity index (χ0n) is 22.6. The number of fused-ring (bicyclic) bond motifs is 1. The molecule has 0 radical (unpaired) electrons. The molecule has 3 aliphatic rings. The summed E-state index contributed by atoms with van der Waals surface area (Å²) >= 11 is 1.43. The second-order valence-electron chi connectivity index (χ2n) is 10.2. The van der Waals surface area contributed by atoms with Gasteiger partial charge in [0.05, 0.1) is 13.0 Å². The third kappa shape index (κ3) is 5.60.